The van der Waals surface area contributed by atoms with Crippen molar-refractivity contribution < 1.29 is 17.6 Å². The largest absolute Gasteiger partial charge is 0.332 e. The van der Waals surface area contributed by atoms with E-state index in [1.165, 1.54) is 62.6 Å². The fourth-order valence-corrected chi connectivity index (χ4v) is 4.24. The molecule has 1 fully saturated rings. The summed E-state index contributed by atoms with van der Waals surface area (Å²) in [5, 5.41) is 0. The maximum absolute atomic E-state index is 13.4. The van der Waals surface area contributed by atoms with Gasteiger partial charge < -0.3 is 0 Å². The third-order valence-corrected chi connectivity index (χ3v) is 6.07. The lowest BCUT2D eigenvalue weighted by molar-refractivity contribution is -0.135. The summed E-state index contributed by atoms with van der Waals surface area (Å²) in [6, 6.07) is 13.4. The minimum Gasteiger partial charge on any atom is -0.203 e. The van der Waals surface area contributed by atoms with Gasteiger partial charge in [0.1, 0.15) is 0 Å². The summed E-state index contributed by atoms with van der Waals surface area (Å²) in [7, 11) is 0. The van der Waals surface area contributed by atoms with Gasteiger partial charge in [-0.25, -0.2) is 8.78 Å². The molecule has 4 heteroatoms. The SMILES string of the molecule is CCCCC1CCC(c2ccc(-c3ccc(C(F)(F)C(F)F)cc3)cc2)CC1. The van der Waals surface area contributed by atoms with Gasteiger partial charge in [0.25, 0.3) is 0 Å². The Labute approximate surface area is 165 Å². The second-order valence-corrected chi connectivity index (χ2v) is 7.98. The van der Waals surface area contributed by atoms with Crippen LogP contribution in [0.2, 0.25) is 0 Å². The third kappa shape index (κ3) is 4.76. The molecule has 2 aromatic carbocycles. The molecule has 152 valence electrons. The number of alkyl halides is 4. The molecule has 2 aromatic rings. The zero-order valence-corrected chi connectivity index (χ0v) is 16.3. The summed E-state index contributed by atoms with van der Waals surface area (Å²) in [4.78, 5) is 0. The molecule has 0 atom stereocenters. The lowest BCUT2D eigenvalue weighted by Crippen LogP contribution is -2.23. The van der Waals surface area contributed by atoms with Gasteiger partial charge in [-0.05, 0) is 54.2 Å². The molecular formula is C24H28F4. The van der Waals surface area contributed by atoms with Crippen LogP contribution < -0.4 is 0 Å². The Morgan fingerprint density at radius 2 is 1.39 bits per heavy atom. The molecule has 0 bridgehead atoms. The fourth-order valence-electron chi connectivity index (χ4n) is 4.24. The van der Waals surface area contributed by atoms with Crippen molar-refractivity contribution in [3.8, 4) is 11.1 Å². The van der Waals surface area contributed by atoms with Crippen LogP contribution in [0.15, 0.2) is 48.5 Å². The Morgan fingerprint density at radius 1 is 0.857 bits per heavy atom. The molecular weight excluding hydrogens is 364 g/mol. The van der Waals surface area contributed by atoms with Crippen molar-refractivity contribution in [2.75, 3.05) is 0 Å². The monoisotopic (exact) mass is 392 g/mol. The van der Waals surface area contributed by atoms with Crippen LogP contribution in [0.4, 0.5) is 17.6 Å². The molecule has 3 rings (SSSR count). The normalized spacial score (nSPS) is 20.5. The summed E-state index contributed by atoms with van der Waals surface area (Å²) in [6.07, 6.45) is 5.29. The molecule has 0 aliphatic heterocycles. The van der Waals surface area contributed by atoms with Crippen molar-refractivity contribution in [2.24, 2.45) is 5.92 Å². The van der Waals surface area contributed by atoms with Crippen LogP contribution in [0.1, 0.15) is 68.9 Å². The molecule has 0 saturated heterocycles. The van der Waals surface area contributed by atoms with Gasteiger partial charge in [-0.15, -0.1) is 0 Å². The van der Waals surface area contributed by atoms with Gasteiger partial charge in [0.2, 0.25) is 0 Å². The van der Waals surface area contributed by atoms with Gasteiger partial charge in [0, 0.05) is 5.56 Å². The standard InChI is InChI=1S/C24H28F4/c1-2-3-4-17-5-7-18(8-6-17)19-9-11-20(12-10-19)21-13-15-22(16-14-21)24(27,28)23(25)26/h9-18,23H,2-8H2,1H3. The van der Waals surface area contributed by atoms with Crippen LogP contribution in [-0.4, -0.2) is 6.43 Å². The van der Waals surface area contributed by atoms with E-state index in [1.807, 2.05) is 12.1 Å². The number of halogens is 4. The Hall–Kier alpha value is -1.84. The predicted octanol–water partition coefficient (Wildman–Crippen LogP) is 8.17. The molecule has 1 aliphatic rings. The van der Waals surface area contributed by atoms with Gasteiger partial charge in [0.05, 0.1) is 0 Å². The number of benzene rings is 2. The molecule has 0 amide bonds. The van der Waals surface area contributed by atoms with E-state index in [2.05, 4.69) is 19.1 Å². The first-order chi connectivity index (χ1) is 13.4. The second kappa shape index (κ2) is 9.11. The summed E-state index contributed by atoms with van der Waals surface area (Å²) < 4.78 is 51.8. The number of rotatable bonds is 7. The molecule has 0 heterocycles. The topological polar surface area (TPSA) is 0 Å². The van der Waals surface area contributed by atoms with Crippen LogP contribution in [0.3, 0.4) is 0 Å². The van der Waals surface area contributed by atoms with Gasteiger partial charge >= 0.3 is 12.3 Å². The maximum Gasteiger partial charge on any atom is 0.332 e. The van der Waals surface area contributed by atoms with Crippen molar-refractivity contribution in [3.63, 3.8) is 0 Å². The van der Waals surface area contributed by atoms with Crippen molar-refractivity contribution in [1.29, 1.82) is 0 Å². The van der Waals surface area contributed by atoms with Crippen LogP contribution in [0, 0.1) is 5.92 Å². The zero-order chi connectivity index (χ0) is 20.1. The molecule has 0 N–H and O–H groups in total. The van der Waals surface area contributed by atoms with Crippen molar-refractivity contribution in [1.82, 2.24) is 0 Å². The molecule has 0 nitrogen and oxygen atoms in total. The summed E-state index contributed by atoms with van der Waals surface area (Å²) >= 11 is 0. The highest BCUT2D eigenvalue weighted by Gasteiger charge is 2.42. The van der Waals surface area contributed by atoms with Crippen molar-refractivity contribution in [2.45, 2.75) is 70.1 Å². The highest BCUT2D eigenvalue weighted by atomic mass is 19.3. The summed E-state index contributed by atoms with van der Waals surface area (Å²) in [6.45, 7) is 2.24. The Bertz CT molecular complexity index is 726. The molecule has 0 spiro atoms. The first-order valence-electron chi connectivity index (χ1n) is 10.3. The second-order valence-electron chi connectivity index (χ2n) is 7.98. The number of hydrogen-bond donors (Lipinski definition) is 0. The van der Waals surface area contributed by atoms with Crippen LogP contribution in [0.25, 0.3) is 11.1 Å². The fraction of sp³-hybridized carbons (Fsp3) is 0.500. The Kier molecular flexibility index (Phi) is 6.79. The average molecular weight is 392 g/mol. The van der Waals surface area contributed by atoms with E-state index in [-0.39, 0.29) is 0 Å². The molecule has 0 radical (unpaired) electrons. The van der Waals surface area contributed by atoms with Crippen molar-refractivity contribution >= 4 is 0 Å². The zero-order valence-electron chi connectivity index (χ0n) is 16.3. The minimum absolute atomic E-state index is 0.596. The quantitative estimate of drug-likeness (QED) is 0.417. The summed E-state index contributed by atoms with van der Waals surface area (Å²) in [5.41, 5.74) is 2.34. The van der Waals surface area contributed by atoms with E-state index < -0.39 is 17.9 Å². The van der Waals surface area contributed by atoms with Gasteiger partial charge in [0.15, 0.2) is 0 Å². The van der Waals surface area contributed by atoms with Gasteiger partial charge in [-0.1, -0.05) is 74.7 Å². The summed E-state index contributed by atoms with van der Waals surface area (Å²) in [5.74, 6) is -2.64. The highest BCUT2D eigenvalue weighted by molar-refractivity contribution is 5.64. The maximum atomic E-state index is 13.4. The lowest BCUT2D eigenvalue weighted by Gasteiger charge is -2.29. The molecule has 1 saturated carbocycles. The van der Waals surface area contributed by atoms with E-state index in [4.69, 9.17) is 0 Å². The van der Waals surface area contributed by atoms with E-state index in [1.54, 1.807) is 0 Å². The van der Waals surface area contributed by atoms with E-state index >= 15 is 0 Å². The van der Waals surface area contributed by atoms with E-state index in [0.29, 0.717) is 5.92 Å². The number of hydrogen-bond acceptors (Lipinski definition) is 0. The van der Waals surface area contributed by atoms with E-state index in [0.717, 1.165) is 29.2 Å². The Balaban J connectivity index is 1.63. The third-order valence-electron chi connectivity index (χ3n) is 6.07. The predicted molar refractivity (Wildman–Crippen MR) is 106 cm³/mol. The molecule has 1 aliphatic carbocycles. The van der Waals surface area contributed by atoms with E-state index in [9.17, 15) is 17.6 Å². The number of unbranched alkanes of at least 4 members (excludes halogenated alkanes) is 1. The average Bonchev–Trinajstić information content (AvgIpc) is 2.73. The Morgan fingerprint density at radius 3 is 1.89 bits per heavy atom. The van der Waals surface area contributed by atoms with Gasteiger partial charge in [-0.3, -0.25) is 0 Å². The minimum atomic E-state index is -4.11. The van der Waals surface area contributed by atoms with Gasteiger partial charge in [-0.2, -0.15) is 8.78 Å². The van der Waals surface area contributed by atoms with Crippen LogP contribution >= 0.6 is 0 Å². The van der Waals surface area contributed by atoms with Crippen LogP contribution in [-0.2, 0) is 5.92 Å². The lowest BCUT2D eigenvalue weighted by atomic mass is 9.77. The molecule has 28 heavy (non-hydrogen) atoms. The highest BCUT2D eigenvalue weighted by Crippen LogP contribution is 2.39. The van der Waals surface area contributed by atoms with Crippen molar-refractivity contribution in [3.05, 3.63) is 59.7 Å². The molecule has 0 unspecified atom stereocenters. The first-order valence-corrected chi connectivity index (χ1v) is 10.3. The smallest absolute Gasteiger partial charge is 0.203 e. The molecule has 0 aromatic heterocycles. The van der Waals surface area contributed by atoms with Crippen LogP contribution in [0.5, 0.6) is 0 Å². The first kappa shape index (κ1) is 20.9.